The van der Waals surface area contributed by atoms with E-state index in [2.05, 4.69) is 48.0 Å². The van der Waals surface area contributed by atoms with Crippen molar-refractivity contribution >= 4 is 15.9 Å². The van der Waals surface area contributed by atoms with Crippen LogP contribution in [0.3, 0.4) is 0 Å². The Kier molecular flexibility index (Phi) is 3.63. The molecular weight excluding hydrogens is 300 g/mol. The number of alkyl halides is 1. The summed E-state index contributed by atoms with van der Waals surface area (Å²) in [4.78, 5) is 0.662. The van der Waals surface area contributed by atoms with E-state index < -0.39 is 0 Å². The Morgan fingerprint density at radius 1 is 1.16 bits per heavy atom. The fraction of sp³-hybridized carbons (Fsp3) is 0.647. The molecule has 2 fully saturated rings. The average Bonchev–Trinajstić information content (AvgIpc) is 2.44. The van der Waals surface area contributed by atoms with E-state index in [1.807, 2.05) is 0 Å². The van der Waals surface area contributed by atoms with Gasteiger partial charge in [-0.05, 0) is 50.3 Å². The first-order chi connectivity index (χ1) is 9.13. The van der Waals surface area contributed by atoms with Crippen molar-refractivity contribution in [2.45, 2.75) is 63.3 Å². The molecule has 2 unspecified atom stereocenters. The Balaban J connectivity index is 1.78. The molecule has 19 heavy (non-hydrogen) atoms. The smallest absolute Gasteiger partial charge is 0.122 e. The molecule has 1 nitrogen and oxygen atoms in total. The third kappa shape index (κ3) is 2.22. The molecular formula is C17H23BrO. The van der Waals surface area contributed by atoms with Crippen molar-refractivity contribution in [3.05, 3.63) is 29.3 Å². The van der Waals surface area contributed by atoms with Gasteiger partial charge in [-0.2, -0.15) is 0 Å². The van der Waals surface area contributed by atoms with Gasteiger partial charge in [0.1, 0.15) is 11.9 Å². The maximum Gasteiger partial charge on any atom is 0.122 e. The number of benzene rings is 1. The summed E-state index contributed by atoms with van der Waals surface area (Å²) in [7, 11) is 0. The Morgan fingerprint density at radius 2 is 1.89 bits per heavy atom. The number of rotatable bonds is 2. The first kappa shape index (κ1) is 13.5. The maximum atomic E-state index is 6.40. The topological polar surface area (TPSA) is 9.23 Å². The lowest BCUT2D eigenvalue weighted by atomic mass is 9.58. The molecule has 0 heterocycles. The SMILES string of the molecule is Cc1cccc(OC2CC(Br)C23CCCCC3)c1C. The fourth-order valence-electron chi connectivity index (χ4n) is 3.71. The van der Waals surface area contributed by atoms with Crippen LogP contribution in [0.1, 0.15) is 49.7 Å². The zero-order valence-corrected chi connectivity index (χ0v) is 13.5. The van der Waals surface area contributed by atoms with Gasteiger partial charge in [0.15, 0.2) is 0 Å². The third-order valence-electron chi connectivity index (χ3n) is 5.29. The van der Waals surface area contributed by atoms with Gasteiger partial charge < -0.3 is 4.74 Å². The van der Waals surface area contributed by atoms with Crippen LogP contribution in [0.2, 0.25) is 0 Å². The van der Waals surface area contributed by atoms with Gasteiger partial charge in [-0.1, -0.05) is 47.3 Å². The van der Waals surface area contributed by atoms with Crippen LogP contribution in [0.4, 0.5) is 0 Å². The molecule has 2 aliphatic rings. The highest BCUT2D eigenvalue weighted by Gasteiger charge is 2.55. The zero-order chi connectivity index (χ0) is 13.5. The Morgan fingerprint density at radius 3 is 2.58 bits per heavy atom. The molecule has 0 bridgehead atoms. The van der Waals surface area contributed by atoms with Crippen molar-refractivity contribution in [2.75, 3.05) is 0 Å². The summed E-state index contributed by atoms with van der Waals surface area (Å²) < 4.78 is 6.40. The van der Waals surface area contributed by atoms with Crippen molar-refractivity contribution in [2.24, 2.45) is 5.41 Å². The second-order valence-corrected chi connectivity index (χ2v) is 7.41. The van der Waals surface area contributed by atoms with E-state index in [1.165, 1.54) is 43.2 Å². The molecule has 2 saturated carbocycles. The zero-order valence-electron chi connectivity index (χ0n) is 11.9. The largest absolute Gasteiger partial charge is 0.489 e. The first-order valence-corrected chi connectivity index (χ1v) is 8.42. The molecule has 0 saturated heterocycles. The van der Waals surface area contributed by atoms with Crippen LogP contribution in [-0.4, -0.2) is 10.9 Å². The van der Waals surface area contributed by atoms with E-state index in [1.54, 1.807) is 0 Å². The van der Waals surface area contributed by atoms with E-state index in [4.69, 9.17) is 4.74 Å². The van der Waals surface area contributed by atoms with Crippen LogP contribution in [0.15, 0.2) is 18.2 Å². The van der Waals surface area contributed by atoms with Gasteiger partial charge in [0.25, 0.3) is 0 Å². The van der Waals surface area contributed by atoms with E-state index in [-0.39, 0.29) is 0 Å². The van der Waals surface area contributed by atoms with E-state index >= 15 is 0 Å². The third-order valence-corrected chi connectivity index (χ3v) is 6.58. The summed E-state index contributed by atoms with van der Waals surface area (Å²) in [5.74, 6) is 1.09. The van der Waals surface area contributed by atoms with E-state index in [0.29, 0.717) is 16.3 Å². The molecule has 0 amide bonds. The summed E-state index contributed by atoms with van der Waals surface area (Å²) in [6, 6.07) is 6.39. The Labute approximate surface area is 124 Å². The molecule has 1 aromatic rings. The summed E-state index contributed by atoms with van der Waals surface area (Å²) in [6.45, 7) is 4.33. The molecule has 0 N–H and O–H groups in total. The van der Waals surface area contributed by atoms with Gasteiger partial charge in [-0.15, -0.1) is 0 Å². The normalized spacial score (nSPS) is 29.0. The van der Waals surface area contributed by atoms with Crippen LogP contribution in [0.25, 0.3) is 0 Å². The van der Waals surface area contributed by atoms with Crippen molar-refractivity contribution in [1.82, 2.24) is 0 Å². The molecule has 0 aromatic heterocycles. The second-order valence-electron chi connectivity index (χ2n) is 6.30. The van der Waals surface area contributed by atoms with Gasteiger partial charge in [0, 0.05) is 10.2 Å². The number of ether oxygens (including phenoxy) is 1. The van der Waals surface area contributed by atoms with Crippen LogP contribution in [0, 0.1) is 19.3 Å². The molecule has 2 atom stereocenters. The summed E-state index contributed by atoms with van der Waals surface area (Å²) in [5.41, 5.74) is 3.03. The minimum absolute atomic E-state index is 0.411. The predicted octanol–water partition coefficient (Wildman–Crippen LogP) is 5.17. The Bertz CT molecular complexity index is 462. The van der Waals surface area contributed by atoms with Crippen molar-refractivity contribution < 1.29 is 4.74 Å². The first-order valence-electron chi connectivity index (χ1n) is 7.50. The van der Waals surface area contributed by atoms with Gasteiger partial charge in [-0.3, -0.25) is 0 Å². The average molecular weight is 323 g/mol. The van der Waals surface area contributed by atoms with Crippen molar-refractivity contribution in [3.8, 4) is 5.75 Å². The minimum atomic E-state index is 0.411. The molecule has 1 aromatic carbocycles. The number of hydrogen-bond acceptors (Lipinski definition) is 1. The summed E-state index contributed by atoms with van der Waals surface area (Å²) in [6.07, 6.45) is 8.38. The van der Waals surface area contributed by atoms with Crippen LogP contribution < -0.4 is 4.74 Å². The summed E-state index contributed by atoms with van der Waals surface area (Å²) >= 11 is 3.89. The highest BCUT2D eigenvalue weighted by atomic mass is 79.9. The molecule has 3 rings (SSSR count). The monoisotopic (exact) mass is 322 g/mol. The van der Waals surface area contributed by atoms with Crippen LogP contribution >= 0.6 is 15.9 Å². The second kappa shape index (κ2) is 5.12. The van der Waals surface area contributed by atoms with Crippen LogP contribution in [-0.2, 0) is 0 Å². The van der Waals surface area contributed by atoms with Gasteiger partial charge in [-0.25, -0.2) is 0 Å². The number of halogens is 1. The van der Waals surface area contributed by atoms with E-state index in [9.17, 15) is 0 Å². The molecule has 2 aliphatic carbocycles. The molecule has 1 spiro atoms. The predicted molar refractivity (Wildman–Crippen MR) is 83.2 cm³/mol. The quantitative estimate of drug-likeness (QED) is 0.682. The number of aryl methyl sites for hydroxylation is 1. The number of hydrogen-bond donors (Lipinski definition) is 0. The van der Waals surface area contributed by atoms with E-state index in [0.717, 1.165) is 12.2 Å². The summed E-state index contributed by atoms with van der Waals surface area (Å²) in [5, 5.41) is 0. The lowest BCUT2D eigenvalue weighted by Crippen LogP contribution is -2.57. The van der Waals surface area contributed by atoms with Crippen molar-refractivity contribution in [1.29, 1.82) is 0 Å². The standard InChI is InChI=1S/C17H23BrO/c1-12-7-6-8-14(13(12)2)19-16-11-15(18)17(16)9-4-3-5-10-17/h6-8,15-16H,3-5,9-11H2,1-2H3. The molecule has 2 heteroatoms. The molecule has 0 radical (unpaired) electrons. The lowest BCUT2D eigenvalue weighted by Gasteiger charge is -2.55. The van der Waals surface area contributed by atoms with Gasteiger partial charge in [0.2, 0.25) is 0 Å². The Hall–Kier alpha value is -0.500. The molecule has 0 aliphatic heterocycles. The lowest BCUT2D eigenvalue weighted by molar-refractivity contribution is -0.0604. The fourth-order valence-corrected chi connectivity index (χ4v) is 4.81. The van der Waals surface area contributed by atoms with Gasteiger partial charge in [0.05, 0.1) is 0 Å². The van der Waals surface area contributed by atoms with Crippen molar-refractivity contribution in [3.63, 3.8) is 0 Å². The maximum absolute atomic E-state index is 6.40. The van der Waals surface area contributed by atoms with Crippen LogP contribution in [0.5, 0.6) is 5.75 Å². The molecule has 104 valence electrons. The highest BCUT2D eigenvalue weighted by molar-refractivity contribution is 9.09. The van der Waals surface area contributed by atoms with Gasteiger partial charge >= 0.3 is 0 Å². The minimum Gasteiger partial charge on any atom is -0.489 e. The highest BCUT2D eigenvalue weighted by Crippen LogP contribution is 2.56.